The Balaban J connectivity index is 1.86. The van der Waals surface area contributed by atoms with Gasteiger partial charge in [-0.05, 0) is 25.1 Å². The average Bonchev–Trinajstić information content (AvgIpc) is 2.87. The van der Waals surface area contributed by atoms with Crippen molar-refractivity contribution in [3.8, 4) is 0 Å². The van der Waals surface area contributed by atoms with Crippen LogP contribution in [0.1, 0.15) is 6.92 Å². The van der Waals surface area contributed by atoms with Crippen molar-refractivity contribution in [3.05, 3.63) is 29.0 Å². The number of hydrogen-bond donors (Lipinski definition) is 1. The highest BCUT2D eigenvalue weighted by molar-refractivity contribution is 8.13. The van der Waals surface area contributed by atoms with Crippen molar-refractivity contribution >= 4 is 46.2 Å². The zero-order valence-corrected chi connectivity index (χ0v) is 13.7. The number of thioether (sulfide) groups is 1. The lowest BCUT2D eigenvalue weighted by Crippen LogP contribution is -2.36. The Bertz CT molecular complexity index is 643. The summed E-state index contributed by atoms with van der Waals surface area (Å²) >= 11 is 6.94. The van der Waals surface area contributed by atoms with Gasteiger partial charge in [-0.15, -0.1) is 0 Å². The van der Waals surface area contributed by atoms with Crippen LogP contribution in [0.25, 0.3) is 0 Å². The van der Waals surface area contributed by atoms with Crippen LogP contribution >= 0.6 is 23.4 Å². The maximum Gasteiger partial charge on any atom is 0.326 e. The molecule has 0 spiro atoms. The zero-order valence-electron chi connectivity index (χ0n) is 12.2. The molecular weight excluding hydrogens is 347 g/mol. The normalized spacial score (nSPS) is 15.4. The highest BCUT2D eigenvalue weighted by Crippen LogP contribution is 2.22. The van der Waals surface area contributed by atoms with Gasteiger partial charge in [0, 0.05) is 12.3 Å². The fourth-order valence-electron chi connectivity index (χ4n) is 1.84. The Morgan fingerprint density at radius 2 is 2.26 bits per heavy atom. The minimum Gasteiger partial charge on any atom is -0.451 e. The van der Waals surface area contributed by atoms with Crippen LogP contribution < -0.4 is 5.32 Å². The van der Waals surface area contributed by atoms with E-state index in [2.05, 4.69) is 5.32 Å². The first-order chi connectivity index (χ1) is 10.9. The van der Waals surface area contributed by atoms with E-state index in [0.29, 0.717) is 12.3 Å². The molecule has 2 amide bonds. The molecule has 1 fully saturated rings. The molecule has 23 heavy (non-hydrogen) atoms. The summed E-state index contributed by atoms with van der Waals surface area (Å²) in [4.78, 5) is 36.5. The van der Waals surface area contributed by atoms with Crippen LogP contribution in [0, 0.1) is 5.82 Å². The van der Waals surface area contributed by atoms with E-state index in [9.17, 15) is 18.8 Å². The van der Waals surface area contributed by atoms with Crippen molar-refractivity contribution in [1.82, 2.24) is 4.90 Å². The molecule has 1 saturated heterocycles. The monoisotopic (exact) mass is 360 g/mol. The van der Waals surface area contributed by atoms with Crippen molar-refractivity contribution in [1.29, 1.82) is 0 Å². The topological polar surface area (TPSA) is 75.7 Å². The van der Waals surface area contributed by atoms with Crippen molar-refractivity contribution in [3.63, 3.8) is 0 Å². The number of nitrogens with zero attached hydrogens (tertiary/aromatic N) is 1. The minimum absolute atomic E-state index is 0.0385. The number of esters is 1. The van der Waals surface area contributed by atoms with E-state index in [1.165, 1.54) is 17.9 Å². The molecule has 1 N–H and O–H groups in total. The summed E-state index contributed by atoms with van der Waals surface area (Å²) in [5.41, 5.74) is 0.215. The van der Waals surface area contributed by atoms with Crippen LogP contribution in [0.15, 0.2) is 18.2 Å². The van der Waals surface area contributed by atoms with Gasteiger partial charge in [0.15, 0.2) is 6.10 Å². The van der Waals surface area contributed by atoms with Crippen molar-refractivity contribution in [2.24, 2.45) is 0 Å². The quantitative estimate of drug-likeness (QED) is 0.816. The largest absolute Gasteiger partial charge is 0.451 e. The molecular formula is C14H14ClFN2O4S. The van der Waals surface area contributed by atoms with Gasteiger partial charge in [0.2, 0.25) is 0 Å². The van der Waals surface area contributed by atoms with E-state index in [1.807, 2.05) is 0 Å². The van der Waals surface area contributed by atoms with Crippen LogP contribution in [0.4, 0.5) is 14.9 Å². The van der Waals surface area contributed by atoms with Gasteiger partial charge in [0.25, 0.3) is 11.1 Å². The van der Waals surface area contributed by atoms with Crippen LogP contribution in [0.2, 0.25) is 5.02 Å². The van der Waals surface area contributed by atoms with Gasteiger partial charge in [-0.3, -0.25) is 14.4 Å². The first kappa shape index (κ1) is 17.6. The van der Waals surface area contributed by atoms with Crippen molar-refractivity contribution < 1.29 is 23.5 Å². The molecule has 0 aromatic heterocycles. The number of carbonyl (C=O) groups excluding carboxylic acids is 3. The summed E-state index contributed by atoms with van der Waals surface area (Å²) in [5, 5.41) is 2.30. The van der Waals surface area contributed by atoms with E-state index in [-0.39, 0.29) is 22.5 Å². The lowest BCUT2D eigenvalue weighted by molar-refractivity contribution is -0.153. The molecule has 1 atom stereocenters. The molecule has 1 aliphatic heterocycles. The van der Waals surface area contributed by atoms with Gasteiger partial charge in [-0.1, -0.05) is 23.4 Å². The van der Waals surface area contributed by atoms with Crippen molar-refractivity contribution in [2.45, 2.75) is 13.0 Å². The van der Waals surface area contributed by atoms with E-state index >= 15 is 0 Å². The van der Waals surface area contributed by atoms with Crippen LogP contribution in [0.5, 0.6) is 0 Å². The van der Waals surface area contributed by atoms with E-state index in [0.717, 1.165) is 23.9 Å². The molecule has 0 saturated carbocycles. The molecule has 0 unspecified atom stereocenters. The molecule has 0 aliphatic carbocycles. The Kier molecular flexibility index (Phi) is 5.84. The molecule has 1 aromatic rings. The summed E-state index contributed by atoms with van der Waals surface area (Å²) in [6.45, 7) is 1.68. The summed E-state index contributed by atoms with van der Waals surface area (Å²) in [6.07, 6.45) is -1.08. The molecule has 124 valence electrons. The molecule has 1 heterocycles. The second-order valence-corrected chi connectivity index (χ2v) is 6.23. The zero-order chi connectivity index (χ0) is 17.0. The number of anilines is 1. The smallest absolute Gasteiger partial charge is 0.326 e. The summed E-state index contributed by atoms with van der Waals surface area (Å²) in [7, 11) is 0. The molecule has 9 heteroatoms. The van der Waals surface area contributed by atoms with Crippen LogP contribution in [0.3, 0.4) is 0 Å². The van der Waals surface area contributed by atoms with E-state index in [1.54, 1.807) is 0 Å². The van der Waals surface area contributed by atoms with E-state index < -0.39 is 23.8 Å². The summed E-state index contributed by atoms with van der Waals surface area (Å²) < 4.78 is 17.9. The second-order valence-electron chi connectivity index (χ2n) is 4.78. The maximum atomic E-state index is 12.9. The molecule has 0 radical (unpaired) electrons. The second kappa shape index (κ2) is 7.65. The van der Waals surface area contributed by atoms with Crippen LogP contribution in [-0.2, 0) is 14.3 Å². The number of hydrogen-bond acceptors (Lipinski definition) is 5. The average molecular weight is 361 g/mol. The fourth-order valence-corrected chi connectivity index (χ4v) is 2.88. The maximum absolute atomic E-state index is 12.9. The van der Waals surface area contributed by atoms with E-state index in [4.69, 9.17) is 16.3 Å². The molecule has 1 aliphatic rings. The highest BCUT2D eigenvalue weighted by atomic mass is 35.5. The first-order valence-corrected chi connectivity index (χ1v) is 8.10. The van der Waals surface area contributed by atoms with Gasteiger partial charge in [0.05, 0.1) is 10.7 Å². The number of ether oxygens (including phenoxy) is 1. The Labute approximate surface area is 141 Å². The number of amides is 2. The predicted molar refractivity (Wildman–Crippen MR) is 85.0 cm³/mol. The first-order valence-electron chi connectivity index (χ1n) is 6.74. The third-order valence-electron chi connectivity index (χ3n) is 3.03. The SMILES string of the molecule is C[C@H](OC(=O)CN1CCSC1=O)C(=O)Nc1ccc(F)cc1Cl. The van der Waals surface area contributed by atoms with Gasteiger partial charge in [-0.25, -0.2) is 4.39 Å². The number of benzene rings is 1. The summed E-state index contributed by atoms with van der Waals surface area (Å²) in [6, 6.07) is 3.52. The molecule has 1 aromatic carbocycles. The molecule has 6 nitrogen and oxygen atoms in total. The number of carbonyl (C=O) groups is 3. The Hall–Kier alpha value is -1.80. The van der Waals surface area contributed by atoms with Gasteiger partial charge in [-0.2, -0.15) is 0 Å². The van der Waals surface area contributed by atoms with Gasteiger partial charge < -0.3 is 15.0 Å². The number of rotatable bonds is 5. The highest BCUT2D eigenvalue weighted by Gasteiger charge is 2.26. The van der Waals surface area contributed by atoms with Crippen LogP contribution in [-0.4, -0.2) is 47.0 Å². The predicted octanol–water partition coefficient (Wildman–Crippen LogP) is 2.52. The lowest BCUT2D eigenvalue weighted by Gasteiger charge is -2.17. The molecule has 0 bridgehead atoms. The van der Waals surface area contributed by atoms with Gasteiger partial charge in [0.1, 0.15) is 12.4 Å². The Morgan fingerprint density at radius 1 is 1.52 bits per heavy atom. The fraction of sp³-hybridized carbons (Fsp3) is 0.357. The van der Waals surface area contributed by atoms with Gasteiger partial charge >= 0.3 is 5.97 Å². The summed E-state index contributed by atoms with van der Waals surface area (Å²) in [5.74, 6) is -1.17. The molecule has 2 rings (SSSR count). The third kappa shape index (κ3) is 4.84. The number of halogens is 2. The lowest BCUT2D eigenvalue weighted by atomic mass is 10.3. The third-order valence-corrected chi connectivity index (χ3v) is 4.24. The Morgan fingerprint density at radius 3 is 2.87 bits per heavy atom. The number of nitrogens with one attached hydrogen (secondary N) is 1. The standard InChI is InChI=1S/C14H14ClFN2O4S/c1-8(22-12(19)7-18-4-5-23-14(18)21)13(20)17-11-3-2-9(16)6-10(11)15/h2-3,6,8H,4-5,7H2,1H3,(H,17,20)/t8-/m0/s1. The minimum atomic E-state index is -1.08. The van der Waals surface area contributed by atoms with Crippen molar-refractivity contribution in [2.75, 3.05) is 24.2 Å².